The Balaban J connectivity index is 1.91. The van der Waals surface area contributed by atoms with Crippen LogP contribution in [-0.2, 0) is 14.3 Å². The van der Waals surface area contributed by atoms with E-state index in [0.717, 1.165) is 5.56 Å². The van der Waals surface area contributed by atoms with E-state index in [2.05, 4.69) is 34.2 Å². The number of benzene rings is 1. The van der Waals surface area contributed by atoms with Crippen molar-refractivity contribution in [2.24, 2.45) is 5.92 Å². The van der Waals surface area contributed by atoms with Crippen LogP contribution in [0.2, 0.25) is 0 Å². The largest absolute Gasteiger partial charge is 0.460 e. The van der Waals surface area contributed by atoms with Crippen molar-refractivity contribution in [2.75, 3.05) is 7.11 Å². The van der Waals surface area contributed by atoms with Crippen molar-refractivity contribution in [1.82, 2.24) is 10.2 Å². The highest BCUT2D eigenvalue weighted by atomic mass is 16.6. The molecule has 1 aliphatic rings. The molecule has 0 N–H and O–H groups in total. The molecule has 152 valence electrons. The molecule has 2 aromatic rings. The maximum atomic E-state index is 13.0. The minimum absolute atomic E-state index is 0.0316. The van der Waals surface area contributed by atoms with Crippen molar-refractivity contribution in [3.05, 3.63) is 59.9 Å². The molecule has 1 aromatic carbocycles. The summed E-state index contributed by atoms with van der Waals surface area (Å²) in [5.41, 5.74) is 0.552. The first-order valence-electron chi connectivity index (χ1n) is 9.96. The lowest BCUT2D eigenvalue weighted by molar-refractivity contribution is -0.163. The van der Waals surface area contributed by atoms with Crippen molar-refractivity contribution in [2.45, 2.75) is 57.2 Å². The molecule has 5 heteroatoms. The molecule has 3 atom stereocenters. The Hall–Kier alpha value is -2.71. The van der Waals surface area contributed by atoms with Gasteiger partial charge in [0.1, 0.15) is 16.9 Å². The minimum atomic E-state index is -0.642. The van der Waals surface area contributed by atoms with E-state index in [1.165, 1.54) is 0 Å². The SMILES string of the molecule is COC1(C#Cc2cccnn2)CC[C@@H](C(=O)OC(C)(C)C)[C@H](c2ccccc2)C1. The first-order chi connectivity index (χ1) is 13.8. The minimum Gasteiger partial charge on any atom is -0.460 e. The van der Waals surface area contributed by atoms with Crippen LogP contribution in [0.4, 0.5) is 0 Å². The van der Waals surface area contributed by atoms with Gasteiger partial charge in [-0.1, -0.05) is 36.3 Å². The summed E-state index contributed by atoms with van der Waals surface area (Å²) < 4.78 is 11.6. The van der Waals surface area contributed by atoms with Crippen molar-refractivity contribution < 1.29 is 14.3 Å². The first-order valence-corrected chi connectivity index (χ1v) is 9.96. The topological polar surface area (TPSA) is 61.3 Å². The van der Waals surface area contributed by atoms with Gasteiger partial charge in [-0.15, -0.1) is 5.10 Å². The molecular weight excluding hydrogens is 364 g/mol. The van der Waals surface area contributed by atoms with E-state index in [0.29, 0.717) is 25.0 Å². The molecule has 1 unspecified atom stereocenters. The number of hydrogen-bond donors (Lipinski definition) is 0. The molecule has 1 heterocycles. The number of rotatable bonds is 3. The van der Waals surface area contributed by atoms with Gasteiger partial charge in [0, 0.05) is 19.2 Å². The fraction of sp³-hybridized carbons (Fsp3) is 0.458. The number of carbonyl (C=O) groups excluding carboxylic acids is 1. The summed E-state index contributed by atoms with van der Waals surface area (Å²) in [6.07, 6.45) is 3.54. The molecule has 1 aliphatic carbocycles. The first kappa shape index (κ1) is 21.0. The average molecular weight is 392 g/mol. The molecule has 0 saturated heterocycles. The third-order valence-corrected chi connectivity index (χ3v) is 5.21. The normalized spacial score (nSPS) is 24.3. The molecule has 1 fully saturated rings. The van der Waals surface area contributed by atoms with E-state index in [9.17, 15) is 4.79 Å². The van der Waals surface area contributed by atoms with Crippen molar-refractivity contribution >= 4 is 5.97 Å². The highest BCUT2D eigenvalue weighted by molar-refractivity contribution is 5.74. The zero-order valence-corrected chi connectivity index (χ0v) is 17.5. The molecule has 0 radical (unpaired) electrons. The Labute approximate surface area is 172 Å². The van der Waals surface area contributed by atoms with Gasteiger partial charge in [-0.05, 0) is 63.7 Å². The molecule has 0 spiro atoms. The van der Waals surface area contributed by atoms with Crippen LogP contribution in [-0.4, -0.2) is 34.5 Å². The van der Waals surface area contributed by atoms with Crippen molar-refractivity contribution in [3.8, 4) is 11.8 Å². The molecule has 0 aliphatic heterocycles. The zero-order chi connectivity index (χ0) is 20.9. The van der Waals surface area contributed by atoms with Gasteiger partial charge in [0.05, 0.1) is 5.92 Å². The summed E-state index contributed by atoms with van der Waals surface area (Å²) in [5.74, 6) is 5.97. The fourth-order valence-electron chi connectivity index (χ4n) is 3.80. The van der Waals surface area contributed by atoms with E-state index in [-0.39, 0.29) is 17.8 Å². The summed E-state index contributed by atoms with van der Waals surface area (Å²) in [4.78, 5) is 13.0. The molecular formula is C24H28N2O3. The van der Waals surface area contributed by atoms with Gasteiger partial charge in [-0.25, -0.2) is 0 Å². The third-order valence-electron chi connectivity index (χ3n) is 5.21. The van der Waals surface area contributed by atoms with Gasteiger partial charge in [0.15, 0.2) is 0 Å². The van der Waals surface area contributed by atoms with Crippen LogP contribution >= 0.6 is 0 Å². The lowest BCUT2D eigenvalue weighted by Crippen LogP contribution is -2.43. The number of hydrogen-bond acceptors (Lipinski definition) is 5. The number of ether oxygens (including phenoxy) is 2. The van der Waals surface area contributed by atoms with Gasteiger partial charge in [-0.3, -0.25) is 4.79 Å². The molecule has 0 bridgehead atoms. The molecule has 0 amide bonds. The Morgan fingerprint density at radius 1 is 1.17 bits per heavy atom. The van der Waals surface area contributed by atoms with Crippen LogP contribution < -0.4 is 0 Å². The number of esters is 1. The Bertz CT molecular complexity index is 881. The van der Waals surface area contributed by atoms with E-state index in [4.69, 9.17) is 9.47 Å². The van der Waals surface area contributed by atoms with E-state index < -0.39 is 11.2 Å². The maximum Gasteiger partial charge on any atom is 0.310 e. The van der Waals surface area contributed by atoms with E-state index in [1.807, 2.05) is 51.1 Å². The van der Waals surface area contributed by atoms with Gasteiger partial charge >= 0.3 is 5.97 Å². The highest BCUT2D eigenvalue weighted by Gasteiger charge is 2.45. The number of aromatic nitrogens is 2. The van der Waals surface area contributed by atoms with Gasteiger partial charge in [-0.2, -0.15) is 5.10 Å². The van der Waals surface area contributed by atoms with E-state index >= 15 is 0 Å². The summed E-state index contributed by atoms with van der Waals surface area (Å²) in [7, 11) is 1.68. The Morgan fingerprint density at radius 3 is 2.55 bits per heavy atom. The van der Waals surface area contributed by atoms with Gasteiger partial charge in [0.2, 0.25) is 0 Å². The van der Waals surface area contributed by atoms with Crippen LogP contribution in [0.25, 0.3) is 0 Å². The van der Waals surface area contributed by atoms with E-state index in [1.54, 1.807) is 13.3 Å². The van der Waals surface area contributed by atoms with Crippen LogP contribution in [0.3, 0.4) is 0 Å². The second-order valence-corrected chi connectivity index (χ2v) is 8.46. The van der Waals surface area contributed by atoms with Crippen LogP contribution in [0, 0.1) is 17.8 Å². The number of nitrogens with zero attached hydrogens (tertiary/aromatic N) is 2. The summed E-state index contributed by atoms with van der Waals surface area (Å²) in [5, 5.41) is 7.91. The second kappa shape index (κ2) is 8.75. The molecule has 3 rings (SSSR count). The van der Waals surface area contributed by atoms with Crippen LogP contribution in [0.15, 0.2) is 48.7 Å². The second-order valence-electron chi connectivity index (χ2n) is 8.46. The van der Waals surface area contributed by atoms with Crippen molar-refractivity contribution in [1.29, 1.82) is 0 Å². The van der Waals surface area contributed by atoms with Crippen molar-refractivity contribution in [3.63, 3.8) is 0 Å². The summed E-state index contributed by atoms with van der Waals surface area (Å²) in [6, 6.07) is 13.7. The third kappa shape index (κ3) is 5.42. The Morgan fingerprint density at radius 2 is 1.93 bits per heavy atom. The predicted molar refractivity (Wildman–Crippen MR) is 111 cm³/mol. The lowest BCUT2D eigenvalue weighted by atomic mass is 9.69. The monoisotopic (exact) mass is 392 g/mol. The quantitative estimate of drug-likeness (QED) is 0.580. The fourth-order valence-corrected chi connectivity index (χ4v) is 3.80. The maximum absolute atomic E-state index is 13.0. The molecule has 1 aromatic heterocycles. The summed E-state index contributed by atoms with van der Waals surface area (Å²) >= 11 is 0. The highest BCUT2D eigenvalue weighted by Crippen LogP contribution is 2.45. The molecule has 29 heavy (non-hydrogen) atoms. The number of carbonyl (C=O) groups is 1. The van der Waals surface area contributed by atoms with Gasteiger partial charge < -0.3 is 9.47 Å². The summed E-state index contributed by atoms with van der Waals surface area (Å²) in [6.45, 7) is 5.70. The Kier molecular flexibility index (Phi) is 6.34. The van der Waals surface area contributed by atoms with Crippen LogP contribution in [0.1, 0.15) is 57.2 Å². The smallest absolute Gasteiger partial charge is 0.310 e. The molecule has 5 nitrogen and oxygen atoms in total. The average Bonchev–Trinajstić information content (AvgIpc) is 2.72. The van der Waals surface area contributed by atoms with Crippen LogP contribution in [0.5, 0.6) is 0 Å². The van der Waals surface area contributed by atoms with Gasteiger partial charge in [0.25, 0.3) is 0 Å². The zero-order valence-electron chi connectivity index (χ0n) is 17.5. The molecule has 1 saturated carbocycles. The number of methoxy groups -OCH3 is 1. The predicted octanol–water partition coefficient (Wildman–Crippen LogP) is 4.14. The lowest BCUT2D eigenvalue weighted by Gasteiger charge is -2.41. The standard InChI is InChI=1S/C24H28N2O3/c1-23(2,3)29-22(27)20-13-15-24(28-4,14-12-19-11-8-16-25-26-19)17-21(20)18-9-6-5-7-10-18/h5-11,16,20-21H,13,15,17H2,1-4H3/t20-,21+,24?/m1/s1.